The molecular weight excluding hydrogens is 426 g/mol. The molecule has 1 aromatic carbocycles. The van der Waals surface area contributed by atoms with Crippen LogP contribution in [0.3, 0.4) is 0 Å². The Balaban J connectivity index is 1.43. The van der Waals surface area contributed by atoms with E-state index in [2.05, 4.69) is 22.4 Å². The number of fused-ring (bicyclic) bond motifs is 3. The number of hydrogen-bond acceptors (Lipinski definition) is 5. The molecule has 1 aliphatic carbocycles. The molecule has 0 saturated heterocycles. The van der Waals surface area contributed by atoms with Crippen LogP contribution < -0.4 is 5.32 Å². The van der Waals surface area contributed by atoms with Crippen LogP contribution >= 0.6 is 0 Å². The van der Waals surface area contributed by atoms with Crippen LogP contribution in [0.15, 0.2) is 71.5 Å². The fourth-order valence-electron chi connectivity index (χ4n) is 4.80. The van der Waals surface area contributed by atoms with Gasteiger partial charge in [-0.05, 0) is 66.3 Å². The third-order valence-electron chi connectivity index (χ3n) is 6.30. The summed E-state index contributed by atoms with van der Waals surface area (Å²) >= 11 is 0. The summed E-state index contributed by atoms with van der Waals surface area (Å²) in [4.78, 5) is 18.6. The van der Waals surface area contributed by atoms with Crippen LogP contribution in [-0.4, -0.2) is 25.5 Å². The van der Waals surface area contributed by atoms with Crippen LogP contribution in [0.1, 0.15) is 46.5 Å². The van der Waals surface area contributed by atoms with Crippen molar-refractivity contribution in [2.75, 3.05) is 0 Å². The quantitative estimate of drug-likeness (QED) is 0.421. The van der Waals surface area contributed by atoms with Gasteiger partial charge in [-0.3, -0.25) is 9.20 Å². The topological polar surface area (TPSA) is 85.3 Å². The van der Waals surface area contributed by atoms with E-state index in [1.54, 1.807) is 6.26 Å². The highest BCUT2D eigenvalue weighted by atomic mass is 16.3. The number of pyridine rings is 2. The molecule has 0 aliphatic heterocycles. The number of rotatable bonds is 4. The maximum atomic E-state index is 13.7. The SMILES string of the molecule is CC1CC(=Cc2ccco2)c2nc3ccccc3c(C(=O)NCc3nnc4ccccn34)c2C1. The number of carbonyl (C=O) groups is 1. The van der Waals surface area contributed by atoms with Crippen molar-refractivity contribution in [1.29, 1.82) is 0 Å². The molecule has 1 atom stereocenters. The minimum atomic E-state index is -0.131. The van der Waals surface area contributed by atoms with Crippen molar-refractivity contribution in [1.82, 2.24) is 24.9 Å². The van der Waals surface area contributed by atoms with E-state index in [9.17, 15) is 4.79 Å². The number of furan rings is 1. The molecule has 1 amide bonds. The maximum absolute atomic E-state index is 13.7. The molecule has 0 radical (unpaired) electrons. The van der Waals surface area contributed by atoms with Gasteiger partial charge >= 0.3 is 0 Å². The fraction of sp³-hybridized carbons (Fsp3) is 0.185. The normalized spacial score (nSPS) is 16.7. The molecule has 7 nitrogen and oxygen atoms in total. The summed E-state index contributed by atoms with van der Waals surface area (Å²) in [6, 6.07) is 17.4. The molecular formula is C27H23N5O2. The van der Waals surface area contributed by atoms with E-state index in [1.165, 1.54) is 0 Å². The predicted octanol–water partition coefficient (Wildman–Crippen LogP) is 4.92. The molecule has 0 fully saturated rings. The van der Waals surface area contributed by atoms with E-state index < -0.39 is 0 Å². The zero-order valence-electron chi connectivity index (χ0n) is 18.7. The Morgan fingerprint density at radius 1 is 1.12 bits per heavy atom. The summed E-state index contributed by atoms with van der Waals surface area (Å²) in [5, 5.41) is 12.4. The number of nitrogens with zero attached hydrogens (tertiary/aromatic N) is 4. The second-order valence-electron chi connectivity index (χ2n) is 8.76. The highest BCUT2D eigenvalue weighted by molar-refractivity contribution is 6.09. The smallest absolute Gasteiger partial charge is 0.252 e. The number of allylic oxidation sites excluding steroid dienone is 1. The van der Waals surface area contributed by atoms with Crippen molar-refractivity contribution in [3.05, 3.63) is 95.5 Å². The van der Waals surface area contributed by atoms with Gasteiger partial charge < -0.3 is 9.73 Å². The number of amides is 1. The average molecular weight is 450 g/mol. The Bertz CT molecular complexity index is 1550. The molecule has 168 valence electrons. The van der Waals surface area contributed by atoms with Gasteiger partial charge in [-0.1, -0.05) is 31.2 Å². The van der Waals surface area contributed by atoms with Gasteiger partial charge in [0.05, 0.1) is 29.6 Å². The van der Waals surface area contributed by atoms with Crippen LogP contribution in [-0.2, 0) is 13.0 Å². The van der Waals surface area contributed by atoms with Gasteiger partial charge in [-0.2, -0.15) is 0 Å². The standard InChI is InChI=1S/C27H23N5O2/c1-17-13-18(15-19-7-6-12-34-19)26-21(14-17)25(20-8-2-3-9-22(20)29-26)27(33)28-16-24-31-30-23-10-4-5-11-32(23)24/h2-12,15,17H,13-14,16H2,1H3,(H,28,33). The van der Waals surface area contributed by atoms with E-state index in [1.807, 2.05) is 71.3 Å². The van der Waals surface area contributed by atoms with Gasteiger partial charge in [0.1, 0.15) is 5.76 Å². The lowest BCUT2D eigenvalue weighted by Crippen LogP contribution is -2.27. The molecule has 34 heavy (non-hydrogen) atoms. The molecule has 4 aromatic heterocycles. The lowest BCUT2D eigenvalue weighted by Gasteiger charge is -2.26. The van der Waals surface area contributed by atoms with Crippen LogP contribution in [0.25, 0.3) is 28.2 Å². The third-order valence-corrected chi connectivity index (χ3v) is 6.30. The first kappa shape index (κ1) is 20.4. The van der Waals surface area contributed by atoms with E-state index in [0.29, 0.717) is 17.3 Å². The molecule has 4 heterocycles. The van der Waals surface area contributed by atoms with E-state index in [-0.39, 0.29) is 12.5 Å². The summed E-state index contributed by atoms with van der Waals surface area (Å²) in [5.41, 5.74) is 5.20. The first-order chi connectivity index (χ1) is 16.7. The number of para-hydroxylation sites is 1. The number of benzene rings is 1. The second-order valence-corrected chi connectivity index (χ2v) is 8.76. The van der Waals surface area contributed by atoms with Crippen LogP contribution in [0.4, 0.5) is 0 Å². The Kier molecular flexibility index (Phi) is 4.95. The minimum absolute atomic E-state index is 0.131. The summed E-state index contributed by atoms with van der Waals surface area (Å²) in [6.07, 6.45) is 7.28. The first-order valence-corrected chi connectivity index (χ1v) is 11.4. The Labute approximate surface area is 196 Å². The minimum Gasteiger partial charge on any atom is -0.465 e. The monoisotopic (exact) mass is 449 g/mol. The van der Waals surface area contributed by atoms with Crippen molar-refractivity contribution in [2.24, 2.45) is 5.92 Å². The second kappa shape index (κ2) is 8.26. The van der Waals surface area contributed by atoms with Crippen LogP contribution in [0.2, 0.25) is 0 Å². The fourth-order valence-corrected chi connectivity index (χ4v) is 4.80. The summed E-state index contributed by atoms with van der Waals surface area (Å²) < 4.78 is 7.45. The number of nitrogens with one attached hydrogen (secondary N) is 1. The van der Waals surface area contributed by atoms with Crippen LogP contribution in [0, 0.1) is 5.92 Å². The highest BCUT2D eigenvalue weighted by Crippen LogP contribution is 2.38. The molecule has 1 N–H and O–H groups in total. The summed E-state index contributed by atoms with van der Waals surface area (Å²) in [5.74, 6) is 1.72. The first-order valence-electron chi connectivity index (χ1n) is 11.4. The Hall–Kier alpha value is -4.26. The Morgan fingerprint density at radius 2 is 2.00 bits per heavy atom. The zero-order chi connectivity index (χ0) is 23.1. The molecule has 1 aliphatic rings. The van der Waals surface area contributed by atoms with Gasteiger partial charge in [0.25, 0.3) is 5.91 Å². The van der Waals surface area contributed by atoms with Gasteiger partial charge in [0.15, 0.2) is 11.5 Å². The summed E-state index contributed by atoms with van der Waals surface area (Å²) in [6.45, 7) is 2.48. The maximum Gasteiger partial charge on any atom is 0.252 e. The van der Waals surface area contributed by atoms with E-state index in [4.69, 9.17) is 9.40 Å². The predicted molar refractivity (Wildman–Crippen MR) is 130 cm³/mol. The molecule has 0 saturated carbocycles. The van der Waals surface area contributed by atoms with Crippen LogP contribution in [0.5, 0.6) is 0 Å². The zero-order valence-corrected chi connectivity index (χ0v) is 18.7. The van der Waals surface area contributed by atoms with Crippen molar-refractivity contribution in [3.8, 4) is 0 Å². The van der Waals surface area contributed by atoms with E-state index >= 15 is 0 Å². The highest BCUT2D eigenvalue weighted by Gasteiger charge is 2.28. The third kappa shape index (κ3) is 3.55. The molecule has 7 heteroatoms. The van der Waals surface area contributed by atoms with Gasteiger partial charge in [0.2, 0.25) is 0 Å². The van der Waals surface area contributed by atoms with Crippen molar-refractivity contribution in [2.45, 2.75) is 26.3 Å². The summed E-state index contributed by atoms with van der Waals surface area (Å²) in [7, 11) is 0. The molecule has 6 rings (SSSR count). The van der Waals surface area contributed by atoms with Crippen molar-refractivity contribution >= 4 is 34.1 Å². The average Bonchev–Trinajstić information content (AvgIpc) is 3.51. The largest absolute Gasteiger partial charge is 0.465 e. The molecule has 1 unspecified atom stereocenters. The molecule has 0 bridgehead atoms. The number of carbonyl (C=O) groups excluding carboxylic acids is 1. The Morgan fingerprint density at radius 3 is 2.88 bits per heavy atom. The lowest BCUT2D eigenvalue weighted by molar-refractivity contribution is 0.0950. The van der Waals surface area contributed by atoms with Gasteiger partial charge in [0, 0.05) is 11.6 Å². The van der Waals surface area contributed by atoms with Crippen molar-refractivity contribution in [3.63, 3.8) is 0 Å². The van der Waals surface area contributed by atoms with Gasteiger partial charge in [-0.15, -0.1) is 10.2 Å². The molecule has 0 spiro atoms. The number of aromatic nitrogens is 4. The molecule has 5 aromatic rings. The van der Waals surface area contributed by atoms with Crippen molar-refractivity contribution < 1.29 is 9.21 Å². The van der Waals surface area contributed by atoms with Gasteiger partial charge in [-0.25, -0.2) is 4.98 Å². The lowest BCUT2D eigenvalue weighted by atomic mass is 9.80. The van der Waals surface area contributed by atoms with E-state index in [0.717, 1.165) is 52.0 Å². The number of hydrogen-bond donors (Lipinski definition) is 1.